The van der Waals surface area contributed by atoms with E-state index in [9.17, 15) is 5.11 Å². The average Bonchev–Trinajstić information content (AvgIpc) is 2.94. The fraction of sp³-hybridized carbons (Fsp3) is 0.588. The van der Waals surface area contributed by atoms with Crippen molar-refractivity contribution in [2.45, 2.75) is 64.0 Å². The van der Waals surface area contributed by atoms with Crippen LogP contribution in [0.2, 0.25) is 0 Å². The van der Waals surface area contributed by atoms with Gasteiger partial charge < -0.3 is 9.67 Å². The van der Waals surface area contributed by atoms with E-state index in [0.717, 1.165) is 47.0 Å². The van der Waals surface area contributed by atoms with Gasteiger partial charge in [-0.15, -0.1) is 0 Å². The van der Waals surface area contributed by atoms with Gasteiger partial charge in [0.25, 0.3) is 0 Å². The summed E-state index contributed by atoms with van der Waals surface area (Å²) >= 11 is 3.52. The second-order valence-corrected chi connectivity index (χ2v) is 8.25. The van der Waals surface area contributed by atoms with Crippen molar-refractivity contribution in [1.29, 1.82) is 0 Å². The molecule has 0 atom stereocenters. The first-order valence-electron chi connectivity index (χ1n) is 7.67. The first-order chi connectivity index (χ1) is 9.78. The van der Waals surface area contributed by atoms with Crippen molar-refractivity contribution >= 4 is 27.0 Å². The standard InChI is InChI=1S/C17H23BrN2O/c1-16(2,3)15-19-13-10-12(18)6-7-14(13)20(15)11-17(21)8-4-5-9-17/h6-7,10,21H,4-5,8-9,11H2,1-3H3. The monoisotopic (exact) mass is 350 g/mol. The van der Waals surface area contributed by atoms with Crippen LogP contribution in [-0.4, -0.2) is 20.3 Å². The Kier molecular flexibility index (Phi) is 3.65. The molecule has 1 N–H and O–H groups in total. The topological polar surface area (TPSA) is 38.0 Å². The summed E-state index contributed by atoms with van der Waals surface area (Å²) in [6.07, 6.45) is 4.04. The summed E-state index contributed by atoms with van der Waals surface area (Å²) in [4.78, 5) is 4.84. The van der Waals surface area contributed by atoms with E-state index < -0.39 is 5.60 Å². The van der Waals surface area contributed by atoms with Crippen LogP contribution in [0, 0.1) is 0 Å². The molecule has 1 aliphatic carbocycles. The molecule has 0 spiro atoms. The van der Waals surface area contributed by atoms with Crippen LogP contribution < -0.4 is 0 Å². The normalized spacial score (nSPS) is 18.5. The van der Waals surface area contributed by atoms with Crippen LogP contribution in [-0.2, 0) is 12.0 Å². The lowest BCUT2D eigenvalue weighted by molar-refractivity contribution is 0.0296. The zero-order valence-corrected chi connectivity index (χ0v) is 14.6. The molecule has 21 heavy (non-hydrogen) atoms. The lowest BCUT2D eigenvalue weighted by Gasteiger charge is -2.27. The molecule has 3 rings (SSSR count). The van der Waals surface area contributed by atoms with Crippen molar-refractivity contribution in [2.75, 3.05) is 0 Å². The minimum Gasteiger partial charge on any atom is -0.388 e. The molecule has 0 unspecified atom stereocenters. The zero-order valence-electron chi connectivity index (χ0n) is 13.0. The summed E-state index contributed by atoms with van der Waals surface area (Å²) in [5.74, 6) is 1.05. The van der Waals surface area contributed by atoms with Crippen LogP contribution >= 0.6 is 15.9 Å². The maximum atomic E-state index is 10.8. The molecule has 0 bridgehead atoms. The molecule has 3 nitrogen and oxygen atoms in total. The average molecular weight is 351 g/mol. The van der Waals surface area contributed by atoms with E-state index in [0.29, 0.717) is 6.54 Å². The third kappa shape index (κ3) is 2.88. The van der Waals surface area contributed by atoms with Crippen molar-refractivity contribution in [2.24, 2.45) is 0 Å². The third-order valence-corrected chi connectivity index (χ3v) is 4.86. The van der Waals surface area contributed by atoms with Gasteiger partial charge in [-0.05, 0) is 31.0 Å². The van der Waals surface area contributed by atoms with Crippen LogP contribution in [0.4, 0.5) is 0 Å². The first kappa shape index (κ1) is 15.0. The number of aromatic nitrogens is 2. The number of hydrogen-bond donors (Lipinski definition) is 1. The van der Waals surface area contributed by atoms with Crippen molar-refractivity contribution in [3.05, 3.63) is 28.5 Å². The molecule has 0 radical (unpaired) electrons. The summed E-state index contributed by atoms with van der Waals surface area (Å²) in [6.45, 7) is 7.19. The Morgan fingerprint density at radius 2 is 1.95 bits per heavy atom. The quantitative estimate of drug-likeness (QED) is 0.871. The summed E-state index contributed by atoms with van der Waals surface area (Å²) in [5, 5.41) is 10.8. The Morgan fingerprint density at radius 1 is 1.29 bits per heavy atom. The van der Waals surface area contributed by atoms with Gasteiger partial charge in [-0.1, -0.05) is 49.5 Å². The number of benzene rings is 1. The highest BCUT2D eigenvalue weighted by molar-refractivity contribution is 9.10. The second-order valence-electron chi connectivity index (χ2n) is 7.34. The maximum Gasteiger partial charge on any atom is 0.115 e. The molecule has 2 aromatic rings. The van der Waals surface area contributed by atoms with E-state index in [2.05, 4.69) is 53.4 Å². The van der Waals surface area contributed by atoms with Gasteiger partial charge in [0.1, 0.15) is 5.82 Å². The van der Waals surface area contributed by atoms with E-state index >= 15 is 0 Å². The summed E-state index contributed by atoms with van der Waals surface area (Å²) < 4.78 is 3.27. The lowest BCUT2D eigenvalue weighted by Crippen LogP contribution is -2.33. The Morgan fingerprint density at radius 3 is 2.57 bits per heavy atom. The van der Waals surface area contributed by atoms with Crippen LogP contribution in [0.1, 0.15) is 52.3 Å². The van der Waals surface area contributed by atoms with Crippen LogP contribution in [0.5, 0.6) is 0 Å². The Labute approximate surface area is 134 Å². The molecule has 114 valence electrons. The fourth-order valence-electron chi connectivity index (χ4n) is 3.32. The molecule has 1 saturated carbocycles. The van der Waals surface area contributed by atoms with Gasteiger partial charge in [0, 0.05) is 9.89 Å². The highest BCUT2D eigenvalue weighted by atomic mass is 79.9. The third-order valence-electron chi connectivity index (χ3n) is 4.37. The van der Waals surface area contributed by atoms with Gasteiger partial charge in [-0.3, -0.25) is 0 Å². The van der Waals surface area contributed by atoms with Crippen molar-refractivity contribution in [1.82, 2.24) is 9.55 Å². The molecule has 4 heteroatoms. The molecule has 0 aliphatic heterocycles. The predicted octanol–water partition coefficient (Wildman–Crippen LogP) is 4.40. The van der Waals surface area contributed by atoms with E-state index in [4.69, 9.17) is 4.98 Å². The number of rotatable bonds is 2. The Balaban J connectivity index is 2.13. The van der Waals surface area contributed by atoms with Gasteiger partial charge in [-0.25, -0.2) is 4.98 Å². The molecular weight excluding hydrogens is 328 g/mol. The molecule has 0 amide bonds. The molecule has 1 aliphatic rings. The van der Waals surface area contributed by atoms with Crippen LogP contribution in [0.25, 0.3) is 11.0 Å². The van der Waals surface area contributed by atoms with Gasteiger partial charge >= 0.3 is 0 Å². The van der Waals surface area contributed by atoms with Crippen molar-refractivity contribution in [3.63, 3.8) is 0 Å². The maximum absolute atomic E-state index is 10.8. The number of nitrogens with zero attached hydrogens (tertiary/aromatic N) is 2. The number of imidazole rings is 1. The van der Waals surface area contributed by atoms with Crippen LogP contribution in [0.15, 0.2) is 22.7 Å². The Hall–Kier alpha value is -0.870. The van der Waals surface area contributed by atoms with Crippen LogP contribution in [0.3, 0.4) is 0 Å². The predicted molar refractivity (Wildman–Crippen MR) is 89.6 cm³/mol. The number of hydrogen-bond acceptors (Lipinski definition) is 2. The summed E-state index contributed by atoms with van der Waals surface area (Å²) in [6, 6.07) is 6.20. The molecule has 1 fully saturated rings. The van der Waals surface area contributed by atoms with E-state index in [1.54, 1.807) is 0 Å². The van der Waals surface area contributed by atoms with Gasteiger partial charge in [0.05, 0.1) is 23.2 Å². The highest BCUT2D eigenvalue weighted by Gasteiger charge is 2.34. The largest absolute Gasteiger partial charge is 0.388 e. The zero-order chi connectivity index (χ0) is 15.3. The SMILES string of the molecule is CC(C)(C)c1nc2cc(Br)ccc2n1CC1(O)CCCC1. The Bertz CT molecular complexity index is 663. The smallest absolute Gasteiger partial charge is 0.115 e. The number of aliphatic hydroxyl groups is 1. The highest BCUT2D eigenvalue weighted by Crippen LogP contribution is 2.35. The second kappa shape index (κ2) is 5.10. The minimum absolute atomic E-state index is 0.0412. The number of fused-ring (bicyclic) bond motifs is 1. The van der Waals surface area contributed by atoms with Gasteiger partial charge in [-0.2, -0.15) is 0 Å². The minimum atomic E-state index is -0.569. The first-order valence-corrected chi connectivity index (χ1v) is 8.46. The van der Waals surface area contributed by atoms with Crippen molar-refractivity contribution < 1.29 is 5.11 Å². The summed E-state index contributed by atoms with van der Waals surface area (Å²) in [5.41, 5.74) is 1.50. The molecule has 0 saturated heterocycles. The molecule has 1 aromatic carbocycles. The number of halogens is 1. The van der Waals surface area contributed by atoms with E-state index in [1.807, 2.05) is 6.07 Å². The van der Waals surface area contributed by atoms with Gasteiger partial charge in [0.15, 0.2) is 0 Å². The van der Waals surface area contributed by atoms with Gasteiger partial charge in [0.2, 0.25) is 0 Å². The molecule has 1 heterocycles. The lowest BCUT2D eigenvalue weighted by atomic mass is 9.94. The molecular formula is C17H23BrN2O. The summed E-state index contributed by atoms with van der Waals surface area (Å²) in [7, 11) is 0. The van der Waals surface area contributed by atoms with E-state index in [-0.39, 0.29) is 5.41 Å². The molecule has 1 aromatic heterocycles. The fourth-order valence-corrected chi connectivity index (χ4v) is 3.67. The van der Waals surface area contributed by atoms with Crippen molar-refractivity contribution in [3.8, 4) is 0 Å². The van der Waals surface area contributed by atoms with E-state index in [1.165, 1.54) is 0 Å².